The van der Waals surface area contributed by atoms with Crippen molar-refractivity contribution in [1.82, 2.24) is 30.2 Å². The number of nitriles is 1. The summed E-state index contributed by atoms with van der Waals surface area (Å²) in [5.74, 6) is 1.60. The molecule has 0 saturated heterocycles. The molecule has 2 aromatic carbocycles. The molecule has 0 saturated carbocycles. The molecule has 9 nitrogen and oxygen atoms in total. The fraction of sp³-hybridized carbons (Fsp3) is 0.241. The first kappa shape index (κ1) is 28.2. The van der Waals surface area contributed by atoms with Gasteiger partial charge >= 0.3 is 29.6 Å². The fourth-order valence-corrected chi connectivity index (χ4v) is 4.59. The van der Waals surface area contributed by atoms with Gasteiger partial charge in [-0.25, -0.2) is 4.98 Å². The topological polar surface area (TPSA) is 126 Å². The molecule has 0 bridgehead atoms. The normalized spacial score (nSPS) is 10.7. The van der Waals surface area contributed by atoms with Crippen LogP contribution in [0.3, 0.4) is 0 Å². The molecule has 5 aromatic rings. The Labute approximate surface area is 248 Å². The van der Waals surface area contributed by atoms with Gasteiger partial charge in [-0.05, 0) is 47.7 Å². The maximum atomic E-state index is 13.7. The van der Waals surface area contributed by atoms with Crippen molar-refractivity contribution in [3.63, 3.8) is 0 Å². The SMILES string of the molecule is CCCCc1nc(C)n(Cc2occc2C#N)c(=O)c1Cc1ccc(-c2ccccc2-c2nn[nH]n2)cc1.[Na+]. The van der Waals surface area contributed by atoms with E-state index >= 15 is 0 Å². The van der Waals surface area contributed by atoms with E-state index < -0.39 is 0 Å². The summed E-state index contributed by atoms with van der Waals surface area (Å²) < 4.78 is 7.09. The summed E-state index contributed by atoms with van der Waals surface area (Å²) in [6, 6.07) is 19.8. The van der Waals surface area contributed by atoms with E-state index in [2.05, 4.69) is 33.6 Å². The van der Waals surface area contributed by atoms with Crippen LogP contribution in [-0.2, 0) is 19.4 Å². The third kappa shape index (κ3) is 6.09. The van der Waals surface area contributed by atoms with Crippen LogP contribution in [0.15, 0.2) is 70.1 Å². The molecule has 0 aliphatic carbocycles. The van der Waals surface area contributed by atoms with Crippen LogP contribution in [0, 0.1) is 18.3 Å². The number of H-pyrrole nitrogens is 1. The predicted octanol–water partition coefficient (Wildman–Crippen LogP) is 1.85. The van der Waals surface area contributed by atoms with Crippen LogP contribution in [0.25, 0.3) is 22.5 Å². The summed E-state index contributed by atoms with van der Waals surface area (Å²) in [6.45, 7) is 4.12. The van der Waals surface area contributed by atoms with E-state index in [4.69, 9.17) is 9.40 Å². The Kier molecular flexibility index (Phi) is 9.25. The first-order chi connectivity index (χ1) is 18.6. The number of rotatable bonds is 9. The van der Waals surface area contributed by atoms with Gasteiger partial charge in [0.25, 0.3) is 5.56 Å². The Bertz CT molecular complexity index is 1650. The molecule has 190 valence electrons. The van der Waals surface area contributed by atoms with Gasteiger partial charge < -0.3 is 4.42 Å². The number of unbranched alkanes of at least 4 members (excludes halogenated alkanes) is 1. The van der Waals surface area contributed by atoms with Crippen LogP contribution in [0.1, 0.15) is 53.7 Å². The number of hydrogen-bond donors (Lipinski definition) is 1. The van der Waals surface area contributed by atoms with Crippen LogP contribution < -0.4 is 35.1 Å². The van der Waals surface area contributed by atoms with Crippen LogP contribution in [0.4, 0.5) is 0 Å². The molecule has 0 aliphatic heterocycles. The molecule has 0 spiro atoms. The first-order valence-corrected chi connectivity index (χ1v) is 12.6. The molecular weight excluding hydrogens is 501 g/mol. The standard InChI is InChI=1S/C29H27N7O2.Na/c1-3-4-9-26-25(29(37)36(19(2)31-26)18-27-22(17-30)14-15-38-27)16-20-10-12-21(13-11-20)23-7-5-6-8-24(23)28-32-34-35-33-28;/h5-8,10-15H,3-4,9,16,18H2,1-2H3,(H,32,33,34,35);/q;+1. The molecule has 1 N–H and O–H groups in total. The van der Waals surface area contributed by atoms with Crippen molar-refractivity contribution in [2.75, 3.05) is 0 Å². The quantitative estimate of drug-likeness (QED) is 0.289. The van der Waals surface area contributed by atoms with Crippen molar-refractivity contribution < 1.29 is 34.0 Å². The summed E-state index contributed by atoms with van der Waals surface area (Å²) in [5, 5.41) is 23.8. The smallest absolute Gasteiger partial charge is 0.466 e. The van der Waals surface area contributed by atoms with E-state index in [0.29, 0.717) is 35.0 Å². The van der Waals surface area contributed by atoms with Crippen LogP contribution in [0.5, 0.6) is 0 Å². The zero-order valence-electron chi connectivity index (χ0n) is 22.3. The summed E-state index contributed by atoms with van der Waals surface area (Å²) in [5.41, 5.74) is 5.73. The molecule has 3 aromatic heterocycles. The van der Waals surface area contributed by atoms with Crippen molar-refractivity contribution in [2.45, 2.75) is 46.1 Å². The largest absolute Gasteiger partial charge is 1.00 e. The number of furan rings is 1. The molecule has 0 unspecified atom stereocenters. The monoisotopic (exact) mass is 528 g/mol. The molecule has 0 radical (unpaired) electrons. The molecule has 3 heterocycles. The van der Waals surface area contributed by atoms with Gasteiger partial charge in [0.05, 0.1) is 24.1 Å². The van der Waals surface area contributed by atoms with Gasteiger partial charge in [0.15, 0.2) is 0 Å². The van der Waals surface area contributed by atoms with Crippen LogP contribution in [-0.4, -0.2) is 30.2 Å². The fourth-order valence-electron chi connectivity index (χ4n) is 4.59. The van der Waals surface area contributed by atoms with E-state index in [1.807, 2.05) is 55.5 Å². The van der Waals surface area contributed by atoms with Crippen molar-refractivity contribution in [2.24, 2.45) is 0 Å². The Morgan fingerprint density at radius 2 is 1.85 bits per heavy atom. The molecule has 0 fully saturated rings. The molecule has 5 rings (SSSR count). The molecule has 0 aliphatic rings. The molecular formula is C29H27N7NaO2+. The average Bonchev–Trinajstić information content (AvgIpc) is 3.64. The van der Waals surface area contributed by atoms with Crippen molar-refractivity contribution >= 4 is 0 Å². The van der Waals surface area contributed by atoms with E-state index in [1.54, 1.807) is 10.6 Å². The maximum absolute atomic E-state index is 13.7. The Balaban J connectivity index is 0.00000353. The van der Waals surface area contributed by atoms with Crippen molar-refractivity contribution in [3.05, 3.63) is 105 Å². The number of hydrogen-bond acceptors (Lipinski definition) is 7. The minimum absolute atomic E-state index is 0. The van der Waals surface area contributed by atoms with E-state index in [9.17, 15) is 10.1 Å². The zero-order valence-corrected chi connectivity index (χ0v) is 24.3. The summed E-state index contributed by atoms with van der Waals surface area (Å²) in [4.78, 5) is 18.6. The number of aromatic amines is 1. The Morgan fingerprint density at radius 3 is 2.54 bits per heavy atom. The summed E-state index contributed by atoms with van der Waals surface area (Å²) in [7, 11) is 0. The van der Waals surface area contributed by atoms with Crippen LogP contribution in [0.2, 0.25) is 0 Å². The van der Waals surface area contributed by atoms with Gasteiger partial charge in [0, 0.05) is 17.5 Å². The van der Waals surface area contributed by atoms with E-state index in [0.717, 1.165) is 47.2 Å². The zero-order chi connectivity index (χ0) is 26.5. The maximum Gasteiger partial charge on any atom is 1.00 e. The minimum atomic E-state index is -0.101. The molecule has 0 atom stereocenters. The second-order valence-electron chi connectivity index (χ2n) is 9.10. The Morgan fingerprint density at radius 1 is 1.08 bits per heavy atom. The van der Waals surface area contributed by atoms with Gasteiger partial charge in [-0.1, -0.05) is 61.9 Å². The summed E-state index contributed by atoms with van der Waals surface area (Å²) >= 11 is 0. The molecule has 0 amide bonds. The predicted molar refractivity (Wildman–Crippen MR) is 142 cm³/mol. The van der Waals surface area contributed by atoms with Gasteiger partial charge in [-0.3, -0.25) is 9.36 Å². The second-order valence-corrected chi connectivity index (χ2v) is 9.10. The number of nitrogens with one attached hydrogen (secondary N) is 1. The number of nitrogens with zero attached hydrogens (tertiary/aromatic N) is 6. The van der Waals surface area contributed by atoms with Crippen LogP contribution >= 0.6 is 0 Å². The second kappa shape index (κ2) is 12.8. The third-order valence-corrected chi connectivity index (χ3v) is 6.63. The number of tetrazole rings is 1. The summed E-state index contributed by atoms with van der Waals surface area (Å²) in [6.07, 6.45) is 4.63. The average molecular weight is 529 g/mol. The first-order valence-electron chi connectivity index (χ1n) is 12.6. The number of aromatic nitrogens is 6. The number of aryl methyl sites for hydroxylation is 2. The molecule has 10 heteroatoms. The van der Waals surface area contributed by atoms with Crippen molar-refractivity contribution in [1.29, 1.82) is 5.26 Å². The van der Waals surface area contributed by atoms with E-state index in [1.165, 1.54) is 6.26 Å². The number of benzene rings is 2. The van der Waals surface area contributed by atoms with Gasteiger partial charge in [0.1, 0.15) is 17.7 Å². The van der Waals surface area contributed by atoms with Gasteiger partial charge in [-0.15, -0.1) is 10.2 Å². The van der Waals surface area contributed by atoms with Crippen molar-refractivity contribution in [3.8, 4) is 28.6 Å². The molecule has 39 heavy (non-hydrogen) atoms. The van der Waals surface area contributed by atoms with Gasteiger partial charge in [-0.2, -0.15) is 10.5 Å². The third-order valence-electron chi connectivity index (χ3n) is 6.63. The Hall–Kier alpha value is -3.84. The minimum Gasteiger partial charge on any atom is -0.466 e. The van der Waals surface area contributed by atoms with Gasteiger partial charge in [0.2, 0.25) is 5.82 Å². The van der Waals surface area contributed by atoms with E-state index in [-0.39, 0.29) is 41.7 Å².